The third-order valence-electron chi connectivity index (χ3n) is 2.69. The van der Waals surface area contributed by atoms with Crippen molar-refractivity contribution in [3.63, 3.8) is 0 Å². The van der Waals surface area contributed by atoms with Gasteiger partial charge in [-0.1, -0.05) is 42.6 Å². The van der Waals surface area contributed by atoms with E-state index in [0.29, 0.717) is 0 Å². The molecule has 14 heavy (non-hydrogen) atoms. The standard InChI is InChI=1S/C12H14Cl2/c13-11(7-9-5-6-9)8-10-3-1-2-4-12(10)14/h1-4,9,11H,5-8H2. The van der Waals surface area contributed by atoms with Crippen molar-refractivity contribution in [2.45, 2.75) is 31.1 Å². The highest BCUT2D eigenvalue weighted by Crippen LogP contribution is 2.35. The molecule has 1 saturated carbocycles. The summed E-state index contributed by atoms with van der Waals surface area (Å²) < 4.78 is 0. The van der Waals surface area contributed by atoms with Crippen molar-refractivity contribution in [3.8, 4) is 0 Å². The van der Waals surface area contributed by atoms with Crippen LogP contribution in [0.5, 0.6) is 0 Å². The van der Waals surface area contributed by atoms with Crippen LogP contribution in [0.3, 0.4) is 0 Å². The molecule has 0 N–H and O–H groups in total. The fraction of sp³-hybridized carbons (Fsp3) is 0.500. The van der Waals surface area contributed by atoms with Crippen LogP contribution in [0.15, 0.2) is 24.3 Å². The van der Waals surface area contributed by atoms with Gasteiger partial charge in [0.15, 0.2) is 0 Å². The zero-order chi connectivity index (χ0) is 9.97. The second-order valence-corrected chi connectivity index (χ2v) is 5.10. The number of hydrogen-bond acceptors (Lipinski definition) is 0. The first-order chi connectivity index (χ1) is 6.75. The van der Waals surface area contributed by atoms with E-state index in [9.17, 15) is 0 Å². The van der Waals surface area contributed by atoms with Crippen molar-refractivity contribution in [3.05, 3.63) is 34.9 Å². The lowest BCUT2D eigenvalue weighted by atomic mass is 10.1. The SMILES string of the molecule is Clc1ccccc1CC(Cl)CC1CC1. The quantitative estimate of drug-likeness (QED) is 0.675. The van der Waals surface area contributed by atoms with Gasteiger partial charge in [0.25, 0.3) is 0 Å². The van der Waals surface area contributed by atoms with Gasteiger partial charge >= 0.3 is 0 Å². The number of benzene rings is 1. The van der Waals surface area contributed by atoms with Gasteiger partial charge in [0, 0.05) is 10.4 Å². The smallest absolute Gasteiger partial charge is 0.0438 e. The van der Waals surface area contributed by atoms with Crippen LogP contribution in [0, 0.1) is 5.92 Å². The lowest BCUT2D eigenvalue weighted by molar-refractivity contribution is 0.675. The maximum atomic E-state index is 6.26. The molecule has 0 nitrogen and oxygen atoms in total. The van der Waals surface area contributed by atoms with E-state index in [1.54, 1.807) is 0 Å². The summed E-state index contributed by atoms with van der Waals surface area (Å²) >= 11 is 12.3. The molecule has 1 unspecified atom stereocenters. The minimum atomic E-state index is 0.252. The maximum absolute atomic E-state index is 6.26. The van der Waals surface area contributed by atoms with Crippen LogP contribution in [0.1, 0.15) is 24.8 Å². The molecule has 1 fully saturated rings. The van der Waals surface area contributed by atoms with Gasteiger partial charge < -0.3 is 0 Å². The molecule has 1 atom stereocenters. The van der Waals surface area contributed by atoms with Gasteiger partial charge in [0.05, 0.1) is 0 Å². The molecule has 2 rings (SSSR count). The van der Waals surface area contributed by atoms with Crippen LogP contribution in [0.2, 0.25) is 5.02 Å². The highest BCUT2D eigenvalue weighted by Gasteiger charge is 2.24. The molecule has 76 valence electrons. The Hall–Kier alpha value is -0.200. The Morgan fingerprint density at radius 2 is 2.00 bits per heavy atom. The molecule has 0 spiro atoms. The molecule has 0 saturated heterocycles. The summed E-state index contributed by atoms with van der Waals surface area (Å²) in [6.45, 7) is 0. The molecule has 1 aliphatic carbocycles. The summed E-state index contributed by atoms with van der Waals surface area (Å²) in [5, 5.41) is 1.09. The van der Waals surface area contributed by atoms with Crippen molar-refractivity contribution >= 4 is 23.2 Å². The van der Waals surface area contributed by atoms with Crippen LogP contribution in [-0.4, -0.2) is 5.38 Å². The first-order valence-electron chi connectivity index (χ1n) is 5.13. The molecule has 0 aliphatic heterocycles. The fourth-order valence-electron chi connectivity index (χ4n) is 1.70. The van der Waals surface area contributed by atoms with E-state index in [2.05, 4.69) is 6.07 Å². The zero-order valence-electron chi connectivity index (χ0n) is 8.05. The Morgan fingerprint density at radius 3 is 2.64 bits per heavy atom. The Labute approximate surface area is 95.2 Å². The summed E-state index contributed by atoms with van der Waals surface area (Å²) in [4.78, 5) is 0. The fourth-order valence-corrected chi connectivity index (χ4v) is 2.33. The monoisotopic (exact) mass is 228 g/mol. The lowest BCUT2D eigenvalue weighted by Crippen LogP contribution is -2.04. The molecule has 1 aliphatic rings. The molecular formula is C12H14Cl2. The van der Waals surface area contributed by atoms with Crippen LogP contribution >= 0.6 is 23.2 Å². The van der Waals surface area contributed by atoms with Crippen molar-refractivity contribution < 1.29 is 0 Å². The molecule has 0 radical (unpaired) electrons. The van der Waals surface area contributed by atoms with Crippen molar-refractivity contribution in [2.24, 2.45) is 5.92 Å². The Morgan fingerprint density at radius 1 is 1.29 bits per heavy atom. The van der Waals surface area contributed by atoms with Crippen molar-refractivity contribution in [1.82, 2.24) is 0 Å². The summed E-state index contributed by atoms with van der Waals surface area (Å²) in [7, 11) is 0. The zero-order valence-corrected chi connectivity index (χ0v) is 9.56. The van der Waals surface area contributed by atoms with E-state index in [4.69, 9.17) is 23.2 Å². The third kappa shape index (κ3) is 2.90. The van der Waals surface area contributed by atoms with E-state index in [1.165, 1.54) is 18.4 Å². The Bertz CT molecular complexity index is 305. The van der Waals surface area contributed by atoms with Crippen LogP contribution in [0.25, 0.3) is 0 Å². The normalized spacial score (nSPS) is 18.1. The van der Waals surface area contributed by atoms with Gasteiger partial charge in [-0.2, -0.15) is 0 Å². The lowest BCUT2D eigenvalue weighted by Gasteiger charge is -2.09. The van der Waals surface area contributed by atoms with Crippen LogP contribution in [0.4, 0.5) is 0 Å². The average molecular weight is 229 g/mol. The minimum Gasteiger partial charge on any atom is -0.123 e. The molecule has 0 amide bonds. The predicted octanol–water partition coefficient (Wildman–Crippen LogP) is 4.29. The summed E-state index contributed by atoms with van der Waals surface area (Å²) in [6.07, 6.45) is 4.78. The molecular weight excluding hydrogens is 215 g/mol. The third-order valence-corrected chi connectivity index (χ3v) is 3.39. The molecule has 1 aromatic rings. The van der Waals surface area contributed by atoms with Crippen molar-refractivity contribution in [2.75, 3.05) is 0 Å². The first-order valence-corrected chi connectivity index (χ1v) is 5.94. The first kappa shape index (κ1) is 10.3. The van der Waals surface area contributed by atoms with Gasteiger partial charge in [0.2, 0.25) is 0 Å². The maximum Gasteiger partial charge on any atom is 0.0438 e. The molecule has 0 aromatic heterocycles. The second-order valence-electron chi connectivity index (χ2n) is 4.07. The average Bonchev–Trinajstić information content (AvgIpc) is 2.93. The van der Waals surface area contributed by atoms with E-state index in [0.717, 1.165) is 23.8 Å². The Balaban J connectivity index is 1.91. The van der Waals surface area contributed by atoms with Gasteiger partial charge in [-0.05, 0) is 30.4 Å². The van der Waals surface area contributed by atoms with E-state index < -0.39 is 0 Å². The largest absolute Gasteiger partial charge is 0.123 e. The number of hydrogen-bond donors (Lipinski definition) is 0. The van der Waals surface area contributed by atoms with Crippen LogP contribution < -0.4 is 0 Å². The van der Waals surface area contributed by atoms with Crippen molar-refractivity contribution in [1.29, 1.82) is 0 Å². The van der Waals surface area contributed by atoms with Crippen LogP contribution in [-0.2, 0) is 6.42 Å². The molecule has 0 bridgehead atoms. The number of alkyl halides is 1. The Kier molecular flexibility index (Phi) is 3.35. The highest BCUT2D eigenvalue weighted by atomic mass is 35.5. The van der Waals surface area contributed by atoms with E-state index >= 15 is 0 Å². The predicted molar refractivity (Wildman–Crippen MR) is 62.1 cm³/mol. The molecule has 0 heterocycles. The van der Waals surface area contributed by atoms with E-state index in [-0.39, 0.29) is 5.38 Å². The summed E-state index contributed by atoms with van der Waals surface area (Å²) in [5.41, 5.74) is 1.18. The number of rotatable bonds is 4. The second kappa shape index (κ2) is 4.55. The van der Waals surface area contributed by atoms with Gasteiger partial charge in [-0.25, -0.2) is 0 Å². The van der Waals surface area contributed by atoms with Gasteiger partial charge in [0.1, 0.15) is 0 Å². The highest BCUT2D eigenvalue weighted by molar-refractivity contribution is 6.31. The summed E-state index contributed by atoms with van der Waals surface area (Å²) in [5.74, 6) is 0.889. The molecule has 1 aromatic carbocycles. The van der Waals surface area contributed by atoms with Gasteiger partial charge in [-0.15, -0.1) is 11.6 Å². The molecule has 2 heteroatoms. The summed E-state index contributed by atoms with van der Waals surface area (Å²) in [6, 6.07) is 7.96. The van der Waals surface area contributed by atoms with E-state index in [1.807, 2.05) is 18.2 Å². The minimum absolute atomic E-state index is 0.252. The topological polar surface area (TPSA) is 0 Å². The van der Waals surface area contributed by atoms with Gasteiger partial charge in [-0.3, -0.25) is 0 Å². The number of halogens is 2.